The number of hydrogen-bond donors (Lipinski definition) is 1. The number of sulfonamides is 1. The number of thiophene rings is 1. The Hall–Kier alpha value is -2.43. The second-order valence-corrected chi connectivity index (χ2v) is 8.67. The van der Waals surface area contributed by atoms with Crippen molar-refractivity contribution in [3.05, 3.63) is 40.6 Å². The molecule has 0 aliphatic carbocycles. The minimum Gasteiger partial charge on any atom is -0.454 e. The summed E-state index contributed by atoms with van der Waals surface area (Å²) in [6.07, 6.45) is 0. The number of hydrogen-bond acceptors (Lipinski definition) is 8. The molecule has 0 unspecified atom stereocenters. The molecule has 0 amide bonds. The quantitative estimate of drug-likeness (QED) is 0.710. The molecule has 136 valence electrons. The molecule has 0 saturated heterocycles. The van der Waals surface area contributed by atoms with Gasteiger partial charge in [-0.2, -0.15) is 4.98 Å². The first-order valence-corrected chi connectivity index (χ1v) is 10.0. The summed E-state index contributed by atoms with van der Waals surface area (Å²) in [5.74, 6) is 2.08. The highest BCUT2D eigenvalue weighted by molar-refractivity contribution is 7.89. The van der Waals surface area contributed by atoms with Crippen molar-refractivity contribution in [2.75, 3.05) is 6.79 Å². The molecule has 26 heavy (non-hydrogen) atoms. The molecule has 3 aromatic rings. The monoisotopic (exact) mass is 393 g/mol. The van der Waals surface area contributed by atoms with Gasteiger partial charge < -0.3 is 14.0 Å². The van der Waals surface area contributed by atoms with Crippen molar-refractivity contribution in [3.8, 4) is 22.2 Å². The molecule has 8 nitrogen and oxygen atoms in total. The van der Waals surface area contributed by atoms with Gasteiger partial charge in [-0.3, -0.25) is 0 Å². The molecule has 4 rings (SSSR count). The molecule has 0 radical (unpaired) electrons. The van der Waals surface area contributed by atoms with Gasteiger partial charge >= 0.3 is 0 Å². The Balaban J connectivity index is 1.54. The number of aryl methyl sites for hydroxylation is 2. The molecule has 3 heterocycles. The lowest BCUT2D eigenvalue weighted by molar-refractivity contribution is 0.174. The summed E-state index contributed by atoms with van der Waals surface area (Å²) in [4.78, 5) is 5.64. The Morgan fingerprint density at radius 2 is 2.00 bits per heavy atom. The van der Waals surface area contributed by atoms with E-state index < -0.39 is 10.0 Å². The van der Waals surface area contributed by atoms with Crippen LogP contribution in [0.2, 0.25) is 0 Å². The molecule has 1 aromatic carbocycles. The highest BCUT2D eigenvalue weighted by Gasteiger charge is 2.22. The summed E-state index contributed by atoms with van der Waals surface area (Å²) in [6, 6.07) is 6.88. The van der Waals surface area contributed by atoms with Crippen LogP contribution in [0.3, 0.4) is 0 Å². The van der Waals surface area contributed by atoms with E-state index in [4.69, 9.17) is 14.0 Å². The van der Waals surface area contributed by atoms with Crippen LogP contribution in [-0.2, 0) is 16.6 Å². The fourth-order valence-corrected chi connectivity index (χ4v) is 5.08. The maximum Gasteiger partial charge on any atom is 0.241 e. The zero-order valence-corrected chi connectivity index (χ0v) is 15.6. The van der Waals surface area contributed by atoms with Crippen LogP contribution in [-0.4, -0.2) is 25.4 Å². The van der Waals surface area contributed by atoms with Crippen molar-refractivity contribution >= 4 is 21.4 Å². The van der Waals surface area contributed by atoms with Crippen LogP contribution in [0.4, 0.5) is 0 Å². The van der Waals surface area contributed by atoms with Crippen LogP contribution in [0.1, 0.15) is 16.3 Å². The molecule has 0 fully saturated rings. The van der Waals surface area contributed by atoms with Gasteiger partial charge in [0, 0.05) is 18.3 Å². The second kappa shape index (κ2) is 6.38. The molecular formula is C16H15N3O5S2. The topological polar surface area (TPSA) is 104 Å². The van der Waals surface area contributed by atoms with Crippen molar-refractivity contribution in [1.82, 2.24) is 14.9 Å². The van der Waals surface area contributed by atoms with Crippen LogP contribution >= 0.6 is 11.3 Å². The van der Waals surface area contributed by atoms with Gasteiger partial charge in [-0.1, -0.05) is 11.2 Å². The average molecular weight is 393 g/mol. The van der Waals surface area contributed by atoms with Gasteiger partial charge in [0.2, 0.25) is 28.5 Å². The second-order valence-electron chi connectivity index (χ2n) is 5.68. The molecule has 0 spiro atoms. The lowest BCUT2D eigenvalue weighted by Crippen LogP contribution is -2.23. The standard InChI is InChI=1S/C16H15N3O5S2/c1-9-15(6-14(25-9)16-18-10(2)24-19-16)26(20,21)17-7-11-3-4-12-13(5-11)23-8-22-12/h3-6,17H,7-8H2,1-2H3. The lowest BCUT2D eigenvalue weighted by Gasteiger charge is -2.07. The van der Waals surface area contributed by atoms with E-state index in [1.165, 1.54) is 11.3 Å². The summed E-state index contributed by atoms with van der Waals surface area (Å²) < 4.78 is 43.5. The van der Waals surface area contributed by atoms with Gasteiger partial charge in [-0.15, -0.1) is 11.3 Å². The maximum absolute atomic E-state index is 12.7. The largest absolute Gasteiger partial charge is 0.454 e. The summed E-state index contributed by atoms with van der Waals surface area (Å²) in [5.41, 5.74) is 0.778. The SMILES string of the molecule is Cc1nc(-c2cc(S(=O)(=O)NCc3ccc4c(c3)OCO4)c(C)s2)no1. The van der Waals surface area contributed by atoms with E-state index in [0.29, 0.717) is 33.0 Å². The van der Waals surface area contributed by atoms with Gasteiger partial charge in [-0.25, -0.2) is 13.1 Å². The van der Waals surface area contributed by atoms with E-state index >= 15 is 0 Å². The van der Waals surface area contributed by atoms with E-state index in [0.717, 1.165) is 5.56 Å². The number of aromatic nitrogens is 2. The van der Waals surface area contributed by atoms with Gasteiger partial charge in [0.05, 0.1) is 9.77 Å². The van der Waals surface area contributed by atoms with Crippen LogP contribution in [0.5, 0.6) is 11.5 Å². The Kier molecular flexibility index (Phi) is 4.17. The van der Waals surface area contributed by atoms with Crippen molar-refractivity contribution in [2.45, 2.75) is 25.3 Å². The fourth-order valence-electron chi connectivity index (χ4n) is 2.55. The number of nitrogens with zero attached hydrogens (tertiary/aromatic N) is 2. The molecule has 1 N–H and O–H groups in total. The molecular weight excluding hydrogens is 378 g/mol. The van der Waals surface area contributed by atoms with E-state index in [9.17, 15) is 8.42 Å². The average Bonchev–Trinajstić information content (AvgIpc) is 3.32. The minimum atomic E-state index is -3.68. The molecule has 0 saturated carbocycles. The third-order valence-corrected chi connectivity index (χ3v) is 6.52. The predicted octanol–water partition coefficient (Wildman–Crippen LogP) is 2.62. The van der Waals surface area contributed by atoms with Gasteiger partial charge in [0.25, 0.3) is 0 Å². The summed E-state index contributed by atoms with van der Waals surface area (Å²) in [5, 5.41) is 3.83. The maximum atomic E-state index is 12.7. The Labute approximate surface area is 153 Å². The van der Waals surface area contributed by atoms with Crippen molar-refractivity contribution in [1.29, 1.82) is 0 Å². The zero-order valence-electron chi connectivity index (χ0n) is 14.0. The van der Waals surface area contributed by atoms with Crippen LogP contribution in [0, 0.1) is 13.8 Å². The van der Waals surface area contributed by atoms with Crippen LogP contribution in [0.25, 0.3) is 10.7 Å². The molecule has 2 aromatic heterocycles. The molecule has 1 aliphatic heterocycles. The zero-order chi connectivity index (χ0) is 18.3. The third-order valence-electron chi connectivity index (χ3n) is 3.81. The number of ether oxygens (including phenoxy) is 2. The van der Waals surface area contributed by atoms with E-state index in [-0.39, 0.29) is 18.2 Å². The van der Waals surface area contributed by atoms with Crippen molar-refractivity contribution in [3.63, 3.8) is 0 Å². The smallest absolute Gasteiger partial charge is 0.241 e. The molecule has 0 atom stereocenters. The molecule has 0 bridgehead atoms. The Bertz CT molecular complexity index is 1070. The highest BCUT2D eigenvalue weighted by atomic mass is 32.2. The van der Waals surface area contributed by atoms with Crippen molar-refractivity contribution in [2.24, 2.45) is 0 Å². The first kappa shape index (κ1) is 17.0. The summed E-state index contributed by atoms with van der Waals surface area (Å²) in [6.45, 7) is 3.75. The molecule has 1 aliphatic rings. The lowest BCUT2D eigenvalue weighted by atomic mass is 10.2. The third kappa shape index (κ3) is 3.18. The highest BCUT2D eigenvalue weighted by Crippen LogP contribution is 2.34. The van der Waals surface area contributed by atoms with Gasteiger partial charge in [0.1, 0.15) is 0 Å². The summed E-state index contributed by atoms with van der Waals surface area (Å²) >= 11 is 1.30. The summed E-state index contributed by atoms with van der Waals surface area (Å²) in [7, 11) is -3.68. The van der Waals surface area contributed by atoms with Crippen LogP contribution < -0.4 is 14.2 Å². The van der Waals surface area contributed by atoms with Gasteiger partial charge in [0.15, 0.2) is 11.5 Å². The number of fused-ring (bicyclic) bond motifs is 1. The first-order valence-electron chi connectivity index (χ1n) is 7.72. The number of nitrogens with one attached hydrogen (secondary N) is 1. The van der Waals surface area contributed by atoms with E-state index in [1.54, 1.807) is 38.1 Å². The number of rotatable bonds is 5. The van der Waals surface area contributed by atoms with E-state index in [1.807, 2.05) is 0 Å². The Morgan fingerprint density at radius 3 is 2.77 bits per heavy atom. The minimum absolute atomic E-state index is 0.144. The normalized spacial score (nSPS) is 13.3. The first-order chi connectivity index (χ1) is 12.4. The molecule has 10 heteroatoms. The van der Waals surface area contributed by atoms with Gasteiger partial charge in [-0.05, 0) is 30.7 Å². The van der Waals surface area contributed by atoms with Crippen LogP contribution in [0.15, 0.2) is 33.7 Å². The Morgan fingerprint density at radius 1 is 1.19 bits per heavy atom. The number of benzene rings is 1. The predicted molar refractivity (Wildman–Crippen MR) is 93.7 cm³/mol. The fraction of sp³-hybridized carbons (Fsp3) is 0.250. The van der Waals surface area contributed by atoms with Crippen molar-refractivity contribution < 1.29 is 22.4 Å². The van der Waals surface area contributed by atoms with E-state index in [2.05, 4.69) is 14.9 Å².